The maximum absolute atomic E-state index is 13.1. The summed E-state index contributed by atoms with van der Waals surface area (Å²) < 4.78 is 22.8. The van der Waals surface area contributed by atoms with Crippen molar-refractivity contribution in [3.8, 4) is 11.5 Å². The first-order chi connectivity index (χ1) is 17.7. The summed E-state index contributed by atoms with van der Waals surface area (Å²) in [4.78, 5) is 15.5. The number of fused-ring (bicyclic) bond motifs is 1. The van der Waals surface area contributed by atoms with E-state index in [1.165, 1.54) is 19.6 Å². The Balaban J connectivity index is 1.56. The molecular weight excluding hydrogens is 482 g/mol. The molecule has 0 saturated carbocycles. The van der Waals surface area contributed by atoms with Gasteiger partial charge in [-0.1, -0.05) is 11.6 Å². The van der Waals surface area contributed by atoms with Gasteiger partial charge in [-0.3, -0.25) is 4.90 Å². The molecule has 10 heteroatoms. The number of rotatable bonds is 9. The maximum atomic E-state index is 13.1. The molecule has 1 aromatic carbocycles. The zero-order valence-electron chi connectivity index (χ0n) is 21.7. The molecule has 206 valence electrons. The molecule has 3 aliphatic rings. The van der Waals surface area contributed by atoms with Gasteiger partial charge in [-0.15, -0.1) is 0 Å². The van der Waals surface area contributed by atoms with Crippen LogP contribution in [0.15, 0.2) is 23.8 Å². The molecule has 0 radical (unpaired) electrons. The Bertz CT molecular complexity index is 977. The molecule has 3 saturated heterocycles. The number of esters is 1. The lowest BCUT2D eigenvalue weighted by molar-refractivity contribution is -0.277. The van der Waals surface area contributed by atoms with Gasteiger partial charge in [0, 0.05) is 17.5 Å². The lowest BCUT2D eigenvalue weighted by Gasteiger charge is -2.39. The fourth-order valence-corrected chi connectivity index (χ4v) is 5.46. The maximum Gasteiger partial charge on any atom is 0.338 e. The molecule has 0 aromatic heterocycles. The smallest absolute Gasteiger partial charge is 0.338 e. The van der Waals surface area contributed by atoms with Crippen molar-refractivity contribution < 1.29 is 44.2 Å². The molecule has 0 unspecified atom stereocenters. The van der Waals surface area contributed by atoms with Gasteiger partial charge in [-0.25, -0.2) is 4.79 Å². The summed E-state index contributed by atoms with van der Waals surface area (Å²) in [5.74, 6) is 0.338. The van der Waals surface area contributed by atoms with E-state index in [1.54, 1.807) is 6.07 Å². The third-order valence-corrected chi connectivity index (χ3v) is 7.57. The number of nitrogens with zero attached hydrogens (tertiary/aromatic N) is 1. The fourth-order valence-electron chi connectivity index (χ4n) is 5.46. The van der Waals surface area contributed by atoms with Gasteiger partial charge in [0.15, 0.2) is 11.5 Å². The molecule has 4 rings (SSSR count). The van der Waals surface area contributed by atoms with Gasteiger partial charge in [-0.05, 0) is 64.8 Å². The highest BCUT2D eigenvalue weighted by Gasteiger charge is 2.45. The predicted molar refractivity (Wildman–Crippen MR) is 134 cm³/mol. The van der Waals surface area contributed by atoms with Crippen LogP contribution in [-0.2, 0) is 15.9 Å². The van der Waals surface area contributed by atoms with Crippen LogP contribution >= 0.6 is 0 Å². The molecule has 4 N–H and O–H groups in total. The molecule has 0 aliphatic carbocycles. The van der Waals surface area contributed by atoms with Gasteiger partial charge in [0.05, 0.1) is 25.9 Å². The quantitative estimate of drug-likeness (QED) is 0.275. The lowest BCUT2D eigenvalue weighted by atomic mass is 9.99. The Morgan fingerprint density at radius 1 is 1.14 bits per heavy atom. The first-order valence-electron chi connectivity index (χ1n) is 13.0. The monoisotopic (exact) mass is 521 g/mol. The van der Waals surface area contributed by atoms with Crippen LogP contribution in [0.3, 0.4) is 0 Å². The van der Waals surface area contributed by atoms with E-state index >= 15 is 0 Å². The van der Waals surface area contributed by atoms with Crippen molar-refractivity contribution >= 4 is 5.97 Å². The summed E-state index contributed by atoms with van der Waals surface area (Å²) in [7, 11) is 1.43. The zero-order chi connectivity index (χ0) is 26.7. The third-order valence-electron chi connectivity index (χ3n) is 7.57. The number of allylic oxidation sites excluding steroid dienone is 2. The van der Waals surface area contributed by atoms with Gasteiger partial charge in [-0.2, -0.15) is 0 Å². The summed E-state index contributed by atoms with van der Waals surface area (Å²) in [5.41, 5.74) is 1.96. The number of aliphatic hydroxyl groups is 4. The topological polar surface area (TPSA) is 138 Å². The molecule has 1 aromatic rings. The van der Waals surface area contributed by atoms with Crippen molar-refractivity contribution in [2.75, 3.05) is 33.4 Å². The molecule has 3 fully saturated rings. The minimum Gasteiger partial charge on any atom is -0.493 e. The summed E-state index contributed by atoms with van der Waals surface area (Å²) in [6.45, 7) is 5.86. The molecule has 37 heavy (non-hydrogen) atoms. The lowest BCUT2D eigenvalue weighted by Crippen LogP contribution is -2.60. The second kappa shape index (κ2) is 12.1. The number of hydrogen-bond acceptors (Lipinski definition) is 10. The number of methoxy groups -OCH3 is 1. The van der Waals surface area contributed by atoms with E-state index in [-0.39, 0.29) is 11.5 Å². The number of benzene rings is 1. The highest BCUT2D eigenvalue weighted by atomic mass is 16.7. The summed E-state index contributed by atoms with van der Waals surface area (Å²) >= 11 is 0. The molecule has 0 amide bonds. The Labute approximate surface area is 217 Å². The SMILES string of the molecule is COc1cc(C(=O)OC[C@@H]2CCN3CCC[C@H]23)cc(CC=C(C)C)c1O[C@@H]1O[C@H](CO)[C@@H](O)[C@H](O)[C@H]1O. The van der Waals surface area contributed by atoms with E-state index in [0.29, 0.717) is 36.1 Å². The van der Waals surface area contributed by atoms with Crippen LogP contribution in [0, 0.1) is 5.92 Å². The minimum absolute atomic E-state index is 0.221. The minimum atomic E-state index is -1.58. The van der Waals surface area contributed by atoms with Crippen LogP contribution in [0.1, 0.15) is 49.0 Å². The summed E-state index contributed by atoms with van der Waals surface area (Å²) in [5, 5.41) is 40.2. The number of ether oxygens (including phenoxy) is 4. The number of aliphatic hydroxyl groups excluding tert-OH is 4. The Morgan fingerprint density at radius 2 is 1.92 bits per heavy atom. The van der Waals surface area contributed by atoms with Crippen LogP contribution in [-0.4, -0.2) is 101 Å². The van der Waals surface area contributed by atoms with Crippen molar-refractivity contribution in [1.82, 2.24) is 4.90 Å². The number of carbonyl (C=O) groups is 1. The number of hydrogen-bond donors (Lipinski definition) is 4. The molecule has 7 atom stereocenters. The molecule has 0 spiro atoms. The van der Waals surface area contributed by atoms with Gasteiger partial charge in [0.25, 0.3) is 0 Å². The first-order valence-corrected chi connectivity index (χ1v) is 13.0. The molecule has 10 nitrogen and oxygen atoms in total. The normalized spacial score (nSPS) is 31.6. The average Bonchev–Trinajstić information content (AvgIpc) is 3.51. The van der Waals surface area contributed by atoms with Crippen molar-refractivity contribution in [3.05, 3.63) is 34.9 Å². The van der Waals surface area contributed by atoms with Crippen LogP contribution in [0.4, 0.5) is 0 Å². The second-order valence-corrected chi connectivity index (χ2v) is 10.4. The van der Waals surface area contributed by atoms with E-state index in [4.69, 9.17) is 18.9 Å². The number of carbonyl (C=O) groups excluding carboxylic acids is 1. The van der Waals surface area contributed by atoms with E-state index < -0.39 is 43.3 Å². The predicted octanol–water partition coefficient (Wildman–Crippen LogP) is 1.02. The van der Waals surface area contributed by atoms with E-state index in [0.717, 1.165) is 31.5 Å². The van der Waals surface area contributed by atoms with Crippen molar-refractivity contribution in [3.63, 3.8) is 0 Å². The van der Waals surface area contributed by atoms with E-state index in [9.17, 15) is 25.2 Å². The van der Waals surface area contributed by atoms with Crippen LogP contribution in [0.2, 0.25) is 0 Å². The third kappa shape index (κ3) is 6.10. The highest BCUT2D eigenvalue weighted by Crippen LogP contribution is 2.37. The first kappa shape index (κ1) is 27.8. The standard InChI is InChI=1S/C27H39NO9/c1-15(2)6-7-16-11-18(26(33)35-14-17-8-10-28-9-4-5-19(17)28)12-20(34-3)25(16)37-27-24(32)23(31)22(30)21(13-29)36-27/h6,11-12,17,19,21-24,27,29-32H,4-5,7-10,13-14H2,1-3H3/t17-,19+,21+,22+,23-,24+,27-/m0/s1. The summed E-state index contributed by atoms with van der Waals surface area (Å²) in [6.07, 6.45) is -1.44. The van der Waals surface area contributed by atoms with Crippen molar-refractivity contribution in [1.29, 1.82) is 0 Å². The second-order valence-electron chi connectivity index (χ2n) is 10.4. The largest absolute Gasteiger partial charge is 0.493 e. The van der Waals surface area contributed by atoms with Gasteiger partial charge in [0.2, 0.25) is 6.29 Å². The van der Waals surface area contributed by atoms with Gasteiger partial charge < -0.3 is 39.4 Å². The van der Waals surface area contributed by atoms with Gasteiger partial charge >= 0.3 is 5.97 Å². The van der Waals surface area contributed by atoms with E-state index in [2.05, 4.69) is 4.90 Å². The summed E-state index contributed by atoms with van der Waals surface area (Å²) in [6, 6.07) is 3.68. The van der Waals surface area contributed by atoms with Crippen LogP contribution < -0.4 is 9.47 Å². The molecule has 0 bridgehead atoms. The van der Waals surface area contributed by atoms with Crippen molar-refractivity contribution in [2.45, 2.75) is 76.3 Å². The highest BCUT2D eigenvalue weighted by molar-refractivity contribution is 5.90. The van der Waals surface area contributed by atoms with E-state index in [1.807, 2.05) is 19.9 Å². The average molecular weight is 522 g/mol. The van der Waals surface area contributed by atoms with Gasteiger partial charge in [0.1, 0.15) is 24.4 Å². The Morgan fingerprint density at radius 3 is 2.62 bits per heavy atom. The fraction of sp³-hybridized carbons (Fsp3) is 0.667. The van der Waals surface area contributed by atoms with Crippen LogP contribution in [0.5, 0.6) is 11.5 Å². The Kier molecular flexibility index (Phi) is 9.10. The van der Waals surface area contributed by atoms with Crippen LogP contribution in [0.25, 0.3) is 0 Å². The zero-order valence-corrected chi connectivity index (χ0v) is 21.7. The van der Waals surface area contributed by atoms with Crippen molar-refractivity contribution in [2.24, 2.45) is 5.92 Å². The Hall–Kier alpha value is -2.21. The molecule has 3 aliphatic heterocycles. The molecular formula is C27H39NO9. The molecule has 3 heterocycles.